The van der Waals surface area contributed by atoms with Crippen LogP contribution < -0.4 is 0 Å². The van der Waals surface area contributed by atoms with Gasteiger partial charge in [0.2, 0.25) is 5.71 Å². The third-order valence-corrected chi connectivity index (χ3v) is 6.50. The number of furan rings is 1. The molecular formula is C32H20N2O. The van der Waals surface area contributed by atoms with Crippen LogP contribution in [0.4, 0.5) is 0 Å². The Hall–Kier alpha value is -4.76. The molecule has 5 aromatic carbocycles. The average molecular weight is 449 g/mol. The Morgan fingerprint density at radius 2 is 1.17 bits per heavy atom. The molecule has 7 aromatic rings. The van der Waals surface area contributed by atoms with E-state index >= 15 is 0 Å². The minimum Gasteiger partial charge on any atom is -0.437 e. The Labute approximate surface area is 202 Å². The molecule has 0 aliphatic rings. The standard InChI is InChI=1S/C32H20N2O/c1-3-10-21(11-4-1)24-15-9-16-25(20-24)31-33-29(23-13-5-2-6-14-23)28-27-19-18-22-12-7-8-17-26(22)30(27)35-32(28)34-31/h1-20H. The van der Waals surface area contributed by atoms with Crippen LogP contribution in [0.15, 0.2) is 126 Å². The molecule has 7 rings (SSSR count). The van der Waals surface area contributed by atoms with Gasteiger partial charge in [-0.3, -0.25) is 0 Å². The summed E-state index contributed by atoms with van der Waals surface area (Å²) < 4.78 is 6.45. The summed E-state index contributed by atoms with van der Waals surface area (Å²) in [6.45, 7) is 0. The van der Waals surface area contributed by atoms with E-state index in [1.807, 2.05) is 36.4 Å². The van der Waals surface area contributed by atoms with Gasteiger partial charge in [-0.15, -0.1) is 0 Å². The molecule has 3 nitrogen and oxygen atoms in total. The molecule has 0 spiro atoms. The molecule has 0 radical (unpaired) electrons. The van der Waals surface area contributed by atoms with E-state index in [0.29, 0.717) is 11.5 Å². The topological polar surface area (TPSA) is 38.9 Å². The largest absolute Gasteiger partial charge is 0.437 e. The van der Waals surface area contributed by atoms with Crippen LogP contribution in [0.3, 0.4) is 0 Å². The van der Waals surface area contributed by atoms with E-state index in [-0.39, 0.29) is 0 Å². The van der Waals surface area contributed by atoms with Crippen molar-refractivity contribution in [1.82, 2.24) is 9.97 Å². The second-order valence-corrected chi connectivity index (χ2v) is 8.65. The number of hydrogen-bond donors (Lipinski definition) is 0. The fourth-order valence-corrected chi connectivity index (χ4v) is 4.81. The van der Waals surface area contributed by atoms with Gasteiger partial charge in [0, 0.05) is 21.9 Å². The van der Waals surface area contributed by atoms with Crippen LogP contribution in [0.1, 0.15) is 0 Å². The molecule has 164 valence electrons. The normalized spacial score (nSPS) is 11.4. The highest BCUT2D eigenvalue weighted by Crippen LogP contribution is 2.39. The highest BCUT2D eigenvalue weighted by atomic mass is 16.3. The molecule has 2 aromatic heterocycles. The minimum absolute atomic E-state index is 0.602. The van der Waals surface area contributed by atoms with Crippen LogP contribution >= 0.6 is 0 Å². The minimum atomic E-state index is 0.602. The summed E-state index contributed by atoms with van der Waals surface area (Å²) in [6, 6.07) is 41.5. The maximum atomic E-state index is 6.45. The van der Waals surface area contributed by atoms with Gasteiger partial charge >= 0.3 is 0 Å². The van der Waals surface area contributed by atoms with Crippen molar-refractivity contribution < 1.29 is 4.42 Å². The SMILES string of the molecule is c1ccc(-c2cccc(-c3nc(-c4ccccc4)c4c(n3)oc3c5ccccc5ccc34)c2)cc1. The highest BCUT2D eigenvalue weighted by Gasteiger charge is 2.19. The molecule has 0 atom stereocenters. The van der Waals surface area contributed by atoms with Crippen molar-refractivity contribution in [3.8, 4) is 33.8 Å². The molecule has 2 heterocycles. The van der Waals surface area contributed by atoms with E-state index in [2.05, 4.69) is 84.9 Å². The number of hydrogen-bond acceptors (Lipinski definition) is 3. The second-order valence-electron chi connectivity index (χ2n) is 8.65. The lowest BCUT2D eigenvalue weighted by Gasteiger charge is -2.08. The van der Waals surface area contributed by atoms with Gasteiger partial charge in [-0.05, 0) is 28.6 Å². The van der Waals surface area contributed by atoms with Crippen molar-refractivity contribution in [2.24, 2.45) is 0 Å². The van der Waals surface area contributed by atoms with Gasteiger partial charge in [-0.2, -0.15) is 4.98 Å². The van der Waals surface area contributed by atoms with Gasteiger partial charge in [0.1, 0.15) is 5.58 Å². The first-order chi connectivity index (χ1) is 17.3. The van der Waals surface area contributed by atoms with E-state index in [4.69, 9.17) is 14.4 Å². The fraction of sp³-hybridized carbons (Fsp3) is 0. The Kier molecular flexibility index (Phi) is 4.46. The van der Waals surface area contributed by atoms with Gasteiger partial charge in [-0.1, -0.05) is 109 Å². The first kappa shape index (κ1) is 19.7. The van der Waals surface area contributed by atoms with Crippen LogP contribution in [0.2, 0.25) is 0 Å². The van der Waals surface area contributed by atoms with Gasteiger partial charge in [0.25, 0.3) is 0 Å². The summed E-state index contributed by atoms with van der Waals surface area (Å²) in [7, 11) is 0. The van der Waals surface area contributed by atoms with Crippen molar-refractivity contribution >= 4 is 32.8 Å². The van der Waals surface area contributed by atoms with Crippen LogP contribution in [-0.2, 0) is 0 Å². The third-order valence-electron chi connectivity index (χ3n) is 6.50. The van der Waals surface area contributed by atoms with Crippen molar-refractivity contribution in [3.63, 3.8) is 0 Å². The molecule has 0 aliphatic heterocycles. The summed E-state index contributed by atoms with van der Waals surface area (Å²) in [4.78, 5) is 10.0. The molecule has 35 heavy (non-hydrogen) atoms. The first-order valence-electron chi connectivity index (χ1n) is 11.7. The maximum absolute atomic E-state index is 6.45. The van der Waals surface area contributed by atoms with E-state index in [0.717, 1.165) is 55.1 Å². The molecule has 3 heteroatoms. The van der Waals surface area contributed by atoms with E-state index < -0.39 is 0 Å². The predicted molar refractivity (Wildman–Crippen MR) is 143 cm³/mol. The zero-order valence-electron chi connectivity index (χ0n) is 18.8. The summed E-state index contributed by atoms with van der Waals surface area (Å²) in [5, 5.41) is 4.20. The molecule has 0 unspecified atom stereocenters. The molecule has 0 N–H and O–H groups in total. The van der Waals surface area contributed by atoms with Crippen LogP contribution in [0, 0.1) is 0 Å². The van der Waals surface area contributed by atoms with Crippen LogP contribution in [0.5, 0.6) is 0 Å². The van der Waals surface area contributed by atoms with E-state index in [1.165, 1.54) is 0 Å². The Morgan fingerprint density at radius 3 is 2.00 bits per heavy atom. The Bertz CT molecular complexity index is 1840. The highest BCUT2D eigenvalue weighted by molar-refractivity contribution is 6.17. The van der Waals surface area contributed by atoms with E-state index in [9.17, 15) is 0 Å². The Morgan fingerprint density at radius 1 is 0.486 bits per heavy atom. The van der Waals surface area contributed by atoms with Crippen LogP contribution in [0.25, 0.3) is 66.6 Å². The lowest BCUT2D eigenvalue weighted by atomic mass is 10.0. The molecule has 0 aliphatic carbocycles. The molecular weight excluding hydrogens is 428 g/mol. The lowest BCUT2D eigenvalue weighted by Crippen LogP contribution is -1.94. The van der Waals surface area contributed by atoms with Gasteiger partial charge in [-0.25, -0.2) is 4.98 Å². The lowest BCUT2D eigenvalue weighted by molar-refractivity contribution is 0.657. The van der Waals surface area contributed by atoms with Gasteiger partial charge < -0.3 is 4.42 Å². The number of rotatable bonds is 3. The first-order valence-corrected chi connectivity index (χ1v) is 11.7. The van der Waals surface area contributed by atoms with E-state index in [1.54, 1.807) is 0 Å². The zero-order chi connectivity index (χ0) is 23.2. The Balaban J connectivity index is 1.52. The smallest absolute Gasteiger partial charge is 0.231 e. The predicted octanol–water partition coefficient (Wildman–Crippen LogP) is 8.53. The summed E-state index contributed by atoms with van der Waals surface area (Å²) >= 11 is 0. The number of fused-ring (bicyclic) bond motifs is 5. The van der Waals surface area contributed by atoms with Crippen molar-refractivity contribution in [3.05, 3.63) is 121 Å². The molecule has 0 saturated heterocycles. The molecule has 0 fully saturated rings. The quantitative estimate of drug-likeness (QED) is 0.272. The summed E-state index contributed by atoms with van der Waals surface area (Å²) in [5.74, 6) is 0.650. The van der Waals surface area contributed by atoms with Crippen molar-refractivity contribution in [2.45, 2.75) is 0 Å². The molecule has 0 saturated carbocycles. The van der Waals surface area contributed by atoms with Crippen LogP contribution in [-0.4, -0.2) is 9.97 Å². The average Bonchev–Trinajstić information content (AvgIpc) is 3.33. The molecule has 0 bridgehead atoms. The van der Waals surface area contributed by atoms with Gasteiger partial charge in [0.05, 0.1) is 11.1 Å². The third kappa shape index (κ3) is 3.29. The molecule has 0 amide bonds. The maximum Gasteiger partial charge on any atom is 0.231 e. The van der Waals surface area contributed by atoms with Gasteiger partial charge in [0.15, 0.2) is 5.82 Å². The van der Waals surface area contributed by atoms with Crippen molar-refractivity contribution in [2.75, 3.05) is 0 Å². The van der Waals surface area contributed by atoms with Crippen molar-refractivity contribution in [1.29, 1.82) is 0 Å². The monoisotopic (exact) mass is 448 g/mol. The second kappa shape index (κ2) is 7.93. The number of aromatic nitrogens is 2. The summed E-state index contributed by atoms with van der Waals surface area (Å²) in [6.07, 6.45) is 0. The zero-order valence-corrected chi connectivity index (χ0v) is 18.8. The summed E-state index contributed by atoms with van der Waals surface area (Å²) in [5.41, 5.74) is 6.61. The number of benzene rings is 5. The fourth-order valence-electron chi connectivity index (χ4n) is 4.81. The number of nitrogens with zero attached hydrogens (tertiary/aromatic N) is 2.